The third-order valence-electron chi connectivity index (χ3n) is 3.06. The summed E-state index contributed by atoms with van der Waals surface area (Å²) in [5.41, 5.74) is -0.119. The van der Waals surface area contributed by atoms with Gasteiger partial charge in [0.2, 0.25) is 11.4 Å². The highest BCUT2D eigenvalue weighted by Gasteiger charge is 2.22. The van der Waals surface area contributed by atoms with Gasteiger partial charge in [0.1, 0.15) is 0 Å². The maximum absolute atomic E-state index is 11.9. The smallest absolute Gasteiger partial charge is 0.322 e. The van der Waals surface area contributed by atoms with Gasteiger partial charge < -0.3 is 14.7 Å². The molecule has 20 heavy (non-hydrogen) atoms. The van der Waals surface area contributed by atoms with Gasteiger partial charge in [0.05, 0.1) is 6.04 Å². The zero-order chi connectivity index (χ0) is 13.9. The molecule has 8 heteroatoms. The molecule has 3 N–H and O–H groups in total. The Bertz CT molecular complexity index is 671. The van der Waals surface area contributed by atoms with Crippen LogP contribution in [0.2, 0.25) is 0 Å². The molecule has 3 heterocycles. The summed E-state index contributed by atoms with van der Waals surface area (Å²) >= 11 is 0. The van der Waals surface area contributed by atoms with Crippen molar-refractivity contribution in [1.82, 2.24) is 20.5 Å². The topological polar surface area (TPSA) is 113 Å². The van der Waals surface area contributed by atoms with E-state index in [0.717, 1.165) is 19.4 Å². The average Bonchev–Trinajstić information content (AvgIpc) is 3.08. The standard InChI is InChI=1S/C12H13N5O3/c18-9-6-7(3-5-14-9)10(19)15-12-17-16-11(20-12)8-2-1-4-13-8/h3,5-6,8,13H,1-2,4H2,(H,14,18)(H,15,17,19). The SMILES string of the molecule is O=C(Nc1nnc(C2CCCN2)o1)c1cc[nH]c(=O)c1. The maximum Gasteiger partial charge on any atom is 0.322 e. The molecule has 0 spiro atoms. The minimum atomic E-state index is -0.467. The molecule has 0 saturated carbocycles. The van der Waals surface area contributed by atoms with Crippen LogP contribution >= 0.6 is 0 Å². The second-order valence-electron chi connectivity index (χ2n) is 4.49. The van der Waals surface area contributed by atoms with Gasteiger partial charge in [0.15, 0.2) is 0 Å². The number of hydrogen-bond acceptors (Lipinski definition) is 6. The summed E-state index contributed by atoms with van der Waals surface area (Å²) in [6, 6.07) is 2.77. The molecule has 104 valence electrons. The van der Waals surface area contributed by atoms with Crippen molar-refractivity contribution >= 4 is 11.9 Å². The third-order valence-corrected chi connectivity index (χ3v) is 3.06. The molecule has 1 aliphatic rings. The molecule has 1 atom stereocenters. The van der Waals surface area contributed by atoms with Gasteiger partial charge in [-0.05, 0) is 25.5 Å². The van der Waals surface area contributed by atoms with Gasteiger partial charge in [0, 0.05) is 17.8 Å². The first-order chi connectivity index (χ1) is 9.72. The molecule has 2 aromatic heterocycles. The average molecular weight is 275 g/mol. The largest absolute Gasteiger partial charge is 0.406 e. The van der Waals surface area contributed by atoms with Gasteiger partial charge >= 0.3 is 6.01 Å². The number of rotatable bonds is 3. The van der Waals surface area contributed by atoms with E-state index in [4.69, 9.17) is 4.42 Å². The van der Waals surface area contributed by atoms with E-state index in [-0.39, 0.29) is 23.2 Å². The Balaban J connectivity index is 1.71. The Morgan fingerprint density at radius 3 is 3.10 bits per heavy atom. The van der Waals surface area contributed by atoms with Crippen molar-refractivity contribution in [3.63, 3.8) is 0 Å². The van der Waals surface area contributed by atoms with Crippen LogP contribution in [0.5, 0.6) is 0 Å². The predicted molar refractivity (Wildman–Crippen MR) is 69.3 cm³/mol. The molecular formula is C12H13N5O3. The van der Waals surface area contributed by atoms with Gasteiger partial charge in [-0.1, -0.05) is 5.10 Å². The van der Waals surface area contributed by atoms with Crippen LogP contribution in [0, 0.1) is 0 Å². The Labute approximate surface area is 113 Å². The molecule has 1 amide bonds. The Morgan fingerprint density at radius 1 is 1.45 bits per heavy atom. The zero-order valence-electron chi connectivity index (χ0n) is 10.5. The molecule has 0 aromatic carbocycles. The minimum Gasteiger partial charge on any atom is -0.406 e. The van der Waals surface area contributed by atoms with Crippen LogP contribution < -0.4 is 16.2 Å². The molecule has 1 unspecified atom stereocenters. The highest BCUT2D eigenvalue weighted by atomic mass is 16.4. The molecule has 1 fully saturated rings. The van der Waals surface area contributed by atoms with E-state index >= 15 is 0 Å². The lowest BCUT2D eigenvalue weighted by Crippen LogP contribution is -2.15. The van der Waals surface area contributed by atoms with Gasteiger partial charge in [-0.15, -0.1) is 5.10 Å². The number of carbonyl (C=O) groups is 1. The van der Waals surface area contributed by atoms with Gasteiger partial charge in [0.25, 0.3) is 5.91 Å². The summed E-state index contributed by atoms with van der Waals surface area (Å²) in [5.74, 6) is -0.00519. The van der Waals surface area contributed by atoms with E-state index in [1.165, 1.54) is 18.3 Å². The predicted octanol–water partition coefficient (Wildman–Crippen LogP) is 0.435. The molecule has 0 bridgehead atoms. The summed E-state index contributed by atoms with van der Waals surface area (Å²) < 4.78 is 5.39. The van der Waals surface area contributed by atoms with Crippen LogP contribution in [0.1, 0.15) is 35.1 Å². The molecule has 2 aromatic rings. The van der Waals surface area contributed by atoms with E-state index in [0.29, 0.717) is 5.89 Å². The molecule has 8 nitrogen and oxygen atoms in total. The summed E-state index contributed by atoms with van der Waals surface area (Å²) in [4.78, 5) is 25.5. The van der Waals surface area contributed by atoms with Crippen LogP contribution in [-0.2, 0) is 0 Å². The number of H-pyrrole nitrogens is 1. The Kier molecular flexibility index (Phi) is 3.30. The van der Waals surface area contributed by atoms with Crippen molar-refractivity contribution in [3.05, 3.63) is 40.1 Å². The fraction of sp³-hybridized carbons (Fsp3) is 0.333. The van der Waals surface area contributed by atoms with Gasteiger partial charge in [-0.3, -0.25) is 14.9 Å². The Morgan fingerprint density at radius 2 is 2.35 bits per heavy atom. The number of hydrogen-bond donors (Lipinski definition) is 3. The highest BCUT2D eigenvalue weighted by Crippen LogP contribution is 2.22. The fourth-order valence-corrected chi connectivity index (χ4v) is 2.08. The fourth-order valence-electron chi connectivity index (χ4n) is 2.08. The van der Waals surface area contributed by atoms with Crippen molar-refractivity contribution in [3.8, 4) is 0 Å². The summed E-state index contributed by atoms with van der Waals surface area (Å²) in [6.45, 7) is 0.918. The zero-order valence-corrected chi connectivity index (χ0v) is 10.5. The summed E-state index contributed by atoms with van der Waals surface area (Å²) in [6.07, 6.45) is 3.39. The lowest BCUT2D eigenvalue weighted by atomic mass is 10.2. The van der Waals surface area contributed by atoms with Crippen molar-refractivity contribution < 1.29 is 9.21 Å². The van der Waals surface area contributed by atoms with E-state index in [1.807, 2.05) is 0 Å². The van der Waals surface area contributed by atoms with Crippen LogP contribution in [-0.4, -0.2) is 27.6 Å². The van der Waals surface area contributed by atoms with Gasteiger partial charge in [-0.25, -0.2) is 0 Å². The third kappa shape index (κ3) is 2.59. The van der Waals surface area contributed by atoms with Crippen molar-refractivity contribution in [2.24, 2.45) is 0 Å². The molecule has 0 aliphatic carbocycles. The molecule has 1 saturated heterocycles. The molecule has 3 rings (SSSR count). The van der Waals surface area contributed by atoms with Crippen LogP contribution in [0.15, 0.2) is 27.5 Å². The highest BCUT2D eigenvalue weighted by molar-refractivity contribution is 6.02. The first kappa shape index (κ1) is 12.5. The van der Waals surface area contributed by atoms with Gasteiger partial charge in [-0.2, -0.15) is 0 Å². The number of nitrogens with zero attached hydrogens (tertiary/aromatic N) is 2. The number of carbonyl (C=O) groups excluding carboxylic acids is 1. The van der Waals surface area contributed by atoms with Crippen molar-refractivity contribution in [2.45, 2.75) is 18.9 Å². The van der Waals surface area contributed by atoms with E-state index in [1.54, 1.807) is 0 Å². The first-order valence-electron chi connectivity index (χ1n) is 6.29. The minimum absolute atomic E-state index is 0.0268. The number of nitrogens with one attached hydrogen (secondary N) is 3. The monoisotopic (exact) mass is 275 g/mol. The maximum atomic E-state index is 11.9. The summed E-state index contributed by atoms with van der Waals surface area (Å²) in [5, 5.41) is 13.4. The lowest BCUT2D eigenvalue weighted by molar-refractivity contribution is 0.102. The lowest BCUT2D eigenvalue weighted by Gasteiger charge is -2.02. The Hall–Kier alpha value is -2.48. The second kappa shape index (κ2) is 5.25. The molecular weight excluding hydrogens is 262 g/mol. The number of aromatic amines is 1. The molecule has 0 radical (unpaired) electrons. The normalized spacial score (nSPS) is 18.1. The van der Waals surface area contributed by atoms with Crippen LogP contribution in [0.4, 0.5) is 6.01 Å². The molecule has 1 aliphatic heterocycles. The first-order valence-corrected chi connectivity index (χ1v) is 6.29. The van der Waals surface area contributed by atoms with Crippen LogP contribution in [0.3, 0.4) is 0 Å². The number of pyridine rings is 1. The number of aromatic nitrogens is 3. The van der Waals surface area contributed by atoms with E-state index in [9.17, 15) is 9.59 Å². The number of anilines is 1. The summed E-state index contributed by atoms with van der Waals surface area (Å²) in [7, 11) is 0. The second-order valence-corrected chi connectivity index (χ2v) is 4.49. The van der Waals surface area contributed by atoms with Crippen molar-refractivity contribution in [2.75, 3.05) is 11.9 Å². The van der Waals surface area contributed by atoms with E-state index < -0.39 is 5.91 Å². The van der Waals surface area contributed by atoms with Crippen molar-refractivity contribution in [1.29, 1.82) is 0 Å². The number of amides is 1. The van der Waals surface area contributed by atoms with E-state index in [2.05, 4.69) is 25.8 Å². The van der Waals surface area contributed by atoms with Crippen LogP contribution in [0.25, 0.3) is 0 Å². The quantitative estimate of drug-likeness (QED) is 0.749.